The summed E-state index contributed by atoms with van der Waals surface area (Å²) in [5.41, 5.74) is 3.52. The van der Waals surface area contributed by atoms with Gasteiger partial charge in [-0.3, -0.25) is 0 Å². The maximum absolute atomic E-state index is 6.11. The quantitative estimate of drug-likeness (QED) is 0.719. The third-order valence-corrected chi connectivity index (χ3v) is 3.64. The number of halogens is 2. The Hall–Kier alpha value is -1.22. The van der Waals surface area contributed by atoms with Crippen LogP contribution in [0, 0.1) is 12.8 Å². The number of benzene rings is 2. The molecule has 23 heavy (non-hydrogen) atoms. The first-order chi connectivity index (χ1) is 10.5. The third-order valence-electron chi connectivity index (χ3n) is 3.41. The van der Waals surface area contributed by atoms with Crippen molar-refractivity contribution >= 4 is 24.0 Å². The van der Waals surface area contributed by atoms with E-state index in [1.54, 1.807) is 0 Å². The minimum absolute atomic E-state index is 0. The van der Waals surface area contributed by atoms with Crippen LogP contribution in [0.1, 0.15) is 30.5 Å². The first-order valence-corrected chi connectivity index (χ1v) is 8.10. The van der Waals surface area contributed by atoms with Crippen molar-refractivity contribution in [3.63, 3.8) is 0 Å². The summed E-state index contributed by atoms with van der Waals surface area (Å²) in [6.07, 6.45) is 0. The predicted molar refractivity (Wildman–Crippen MR) is 101 cm³/mol. The lowest BCUT2D eigenvalue weighted by molar-refractivity contribution is 0.302. The lowest BCUT2D eigenvalue weighted by Crippen LogP contribution is -2.19. The van der Waals surface area contributed by atoms with Gasteiger partial charge in [0.2, 0.25) is 0 Å². The van der Waals surface area contributed by atoms with Crippen LogP contribution in [0.3, 0.4) is 0 Å². The molecule has 0 radical (unpaired) electrons. The Morgan fingerprint density at radius 1 is 1.09 bits per heavy atom. The minimum atomic E-state index is 0. The van der Waals surface area contributed by atoms with Gasteiger partial charge in [-0.1, -0.05) is 55.3 Å². The van der Waals surface area contributed by atoms with Gasteiger partial charge in [0.1, 0.15) is 12.4 Å². The molecule has 0 aliphatic carbocycles. The van der Waals surface area contributed by atoms with Gasteiger partial charge in [0.05, 0.1) is 0 Å². The maximum Gasteiger partial charge on any atom is 0.124 e. The van der Waals surface area contributed by atoms with Gasteiger partial charge >= 0.3 is 0 Å². The molecule has 4 heteroatoms. The summed E-state index contributed by atoms with van der Waals surface area (Å²) in [6, 6.07) is 14.2. The largest absolute Gasteiger partial charge is 0.489 e. The van der Waals surface area contributed by atoms with Crippen LogP contribution in [0.15, 0.2) is 42.5 Å². The molecule has 0 heterocycles. The number of hydrogen-bond donors (Lipinski definition) is 1. The van der Waals surface area contributed by atoms with Crippen molar-refractivity contribution in [1.29, 1.82) is 0 Å². The zero-order valence-corrected chi connectivity index (χ0v) is 15.5. The van der Waals surface area contributed by atoms with Gasteiger partial charge in [0.25, 0.3) is 0 Å². The fraction of sp³-hybridized carbons (Fsp3) is 0.368. The third kappa shape index (κ3) is 6.82. The summed E-state index contributed by atoms with van der Waals surface area (Å²) in [4.78, 5) is 0. The molecule has 2 aromatic rings. The van der Waals surface area contributed by atoms with Crippen molar-refractivity contribution in [3.05, 3.63) is 64.2 Å². The number of hydrogen-bond acceptors (Lipinski definition) is 2. The molecule has 2 aromatic carbocycles. The average molecular weight is 354 g/mol. The van der Waals surface area contributed by atoms with Gasteiger partial charge in [0.15, 0.2) is 0 Å². The van der Waals surface area contributed by atoms with Crippen molar-refractivity contribution in [3.8, 4) is 5.75 Å². The second kappa shape index (κ2) is 9.82. The van der Waals surface area contributed by atoms with Crippen LogP contribution in [-0.2, 0) is 13.2 Å². The van der Waals surface area contributed by atoms with Crippen LogP contribution in [-0.4, -0.2) is 6.54 Å². The van der Waals surface area contributed by atoms with E-state index in [4.69, 9.17) is 16.3 Å². The first-order valence-electron chi connectivity index (χ1n) is 7.72. The molecule has 0 bridgehead atoms. The molecular weight excluding hydrogens is 329 g/mol. The highest BCUT2D eigenvalue weighted by molar-refractivity contribution is 6.30. The van der Waals surface area contributed by atoms with E-state index < -0.39 is 0 Å². The number of aryl methyl sites for hydroxylation is 1. The van der Waals surface area contributed by atoms with Crippen LogP contribution in [0.25, 0.3) is 0 Å². The fourth-order valence-electron chi connectivity index (χ4n) is 2.17. The molecule has 0 unspecified atom stereocenters. The van der Waals surface area contributed by atoms with Gasteiger partial charge in [-0.2, -0.15) is 0 Å². The molecule has 0 aliphatic heterocycles. The Morgan fingerprint density at radius 3 is 2.43 bits per heavy atom. The predicted octanol–water partition coefficient (Wildman–Crippen LogP) is 5.39. The van der Waals surface area contributed by atoms with Crippen molar-refractivity contribution in [2.24, 2.45) is 5.92 Å². The Balaban J connectivity index is 0.00000264. The number of rotatable bonds is 7. The lowest BCUT2D eigenvalue weighted by Gasteiger charge is -2.14. The fourth-order valence-corrected chi connectivity index (χ4v) is 2.36. The number of nitrogens with one attached hydrogen (secondary N) is 1. The molecule has 1 N–H and O–H groups in total. The maximum atomic E-state index is 6.11. The summed E-state index contributed by atoms with van der Waals surface area (Å²) in [5, 5.41) is 4.18. The van der Waals surface area contributed by atoms with Crippen LogP contribution in [0.2, 0.25) is 5.02 Å². The zero-order chi connectivity index (χ0) is 15.9. The monoisotopic (exact) mass is 353 g/mol. The van der Waals surface area contributed by atoms with E-state index in [1.807, 2.05) is 18.2 Å². The molecule has 2 rings (SSSR count). The second-order valence-electron chi connectivity index (χ2n) is 6.05. The standard InChI is InChI=1S/C19H24ClNO.ClH/c1-14(2)11-21-12-17-10-18(20)8-9-19(17)22-13-16-6-4-15(3)5-7-16;/h4-10,14,21H,11-13H2,1-3H3;1H. The molecule has 0 saturated carbocycles. The summed E-state index contributed by atoms with van der Waals surface area (Å²) >= 11 is 6.11. The molecule has 0 fully saturated rings. The van der Waals surface area contributed by atoms with Gasteiger partial charge < -0.3 is 10.1 Å². The van der Waals surface area contributed by atoms with E-state index in [-0.39, 0.29) is 12.4 Å². The van der Waals surface area contributed by atoms with E-state index in [2.05, 4.69) is 50.4 Å². The summed E-state index contributed by atoms with van der Waals surface area (Å²) < 4.78 is 5.98. The van der Waals surface area contributed by atoms with E-state index in [0.29, 0.717) is 12.5 Å². The second-order valence-corrected chi connectivity index (χ2v) is 6.49. The molecule has 0 saturated heterocycles. The van der Waals surface area contributed by atoms with Crippen LogP contribution < -0.4 is 10.1 Å². The highest BCUT2D eigenvalue weighted by Gasteiger charge is 2.06. The Labute approximate surface area is 150 Å². The minimum Gasteiger partial charge on any atom is -0.489 e. The van der Waals surface area contributed by atoms with Gasteiger partial charge in [-0.05, 0) is 43.1 Å². The Kier molecular flexibility index (Phi) is 8.46. The zero-order valence-electron chi connectivity index (χ0n) is 13.9. The summed E-state index contributed by atoms with van der Waals surface area (Å²) in [7, 11) is 0. The van der Waals surface area contributed by atoms with E-state index in [0.717, 1.165) is 29.4 Å². The van der Waals surface area contributed by atoms with Crippen molar-refractivity contribution in [2.75, 3.05) is 6.54 Å². The topological polar surface area (TPSA) is 21.3 Å². The summed E-state index contributed by atoms with van der Waals surface area (Å²) in [5.74, 6) is 1.51. The molecule has 0 aromatic heterocycles. The Morgan fingerprint density at radius 2 is 1.78 bits per heavy atom. The van der Waals surface area contributed by atoms with Crippen LogP contribution in [0.5, 0.6) is 5.75 Å². The molecular formula is C19H25Cl2NO. The van der Waals surface area contributed by atoms with E-state index in [1.165, 1.54) is 11.1 Å². The van der Waals surface area contributed by atoms with E-state index >= 15 is 0 Å². The van der Waals surface area contributed by atoms with Gasteiger partial charge in [-0.15, -0.1) is 12.4 Å². The molecule has 2 nitrogen and oxygen atoms in total. The Bertz CT molecular complexity index is 597. The highest BCUT2D eigenvalue weighted by Crippen LogP contribution is 2.24. The van der Waals surface area contributed by atoms with Crippen molar-refractivity contribution in [2.45, 2.75) is 33.9 Å². The van der Waals surface area contributed by atoms with Crippen molar-refractivity contribution < 1.29 is 4.74 Å². The SMILES string of the molecule is Cc1ccc(COc2ccc(Cl)cc2CNCC(C)C)cc1.Cl. The lowest BCUT2D eigenvalue weighted by atomic mass is 10.1. The number of ether oxygens (including phenoxy) is 1. The normalized spacial score (nSPS) is 10.5. The highest BCUT2D eigenvalue weighted by atomic mass is 35.5. The average Bonchev–Trinajstić information content (AvgIpc) is 2.48. The molecule has 0 atom stereocenters. The van der Waals surface area contributed by atoms with Gasteiger partial charge in [-0.25, -0.2) is 0 Å². The van der Waals surface area contributed by atoms with E-state index in [9.17, 15) is 0 Å². The van der Waals surface area contributed by atoms with Crippen LogP contribution in [0.4, 0.5) is 0 Å². The smallest absolute Gasteiger partial charge is 0.124 e. The molecule has 0 aliphatic rings. The molecule has 126 valence electrons. The van der Waals surface area contributed by atoms with Crippen molar-refractivity contribution in [1.82, 2.24) is 5.32 Å². The molecule has 0 spiro atoms. The summed E-state index contributed by atoms with van der Waals surface area (Å²) in [6.45, 7) is 8.78. The first kappa shape index (κ1) is 19.8. The molecule has 0 amide bonds. The van der Waals surface area contributed by atoms with Gasteiger partial charge in [0, 0.05) is 17.1 Å². The van der Waals surface area contributed by atoms with Crippen LogP contribution >= 0.6 is 24.0 Å².